The summed E-state index contributed by atoms with van der Waals surface area (Å²) in [6.07, 6.45) is 7.15. The van der Waals surface area contributed by atoms with Crippen molar-refractivity contribution in [3.63, 3.8) is 0 Å². The fourth-order valence-corrected chi connectivity index (χ4v) is 5.07. The Morgan fingerprint density at radius 1 is 0.955 bits per heavy atom. The highest BCUT2D eigenvalue weighted by molar-refractivity contribution is 6.04. The van der Waals surface area contributed by atoms with Gasteiger partial charge in [0.15, 0.2) is 11.5 Å². The molecule has 11 heteroatoms. The molecule has 1 aliphatic carbocycles. The molecule has 0 atom stereocenters. The molecule has 5 aromatic rings. The third kappa shape index (κ3) is 5.72. The molecule has 3 aromatic carbocycles. The van der Waals surface area contributed by atoms with Crippen LogP contribution in [0.4, 0.5) is 17.2 Å². The summed E-state index contributed by atoms with van der Waals surface area (Å²) < 4.78 is 2.86. The zero-order valence-electron chi connectivity index (χ0n) is 24.4. The summed E-state index contributed by atoms with van der Waals surface area (Å²) in [6.45, 7) is 0.707. The van der Waals surface area contributed by atoms with Crippen molar-refractivity contribution in [1.82, 2.24) is 24.0 Å². The Labute approximate surface area is 253 Å². The molecule has 1 aliphatic rings. The first-order valence-electron chi connectivity index (χ1n) is 14.3. The second-order valence-electron chi connectivity index (χ2n) is 10.7. The van der Waals surface area contributed by atoms with E-state index in [0.29, 0.717) is 52.1 Å². The molecular weight excluding hydrogens is 556 g/mol. The number of aromatic nitrogens is 4. The molecule has 0 spiro atoms. The largest absolute Gasteiger partial charge is 0.382 e. The number of carbonyl (C=O) groups is 2. The number of fused-ring (bicyclic) bond motifs is 1. The van der Waals surface area contributed by atoms with Crippen molar-refractivity contribution in [2.45, 2.75) is 18.9 Å². The normalized spacial score (nSPS) is 13.1. The second-order valence-corrected chi connectivity index (χ2v) is 10.7. The van der Waals surface area contributed by atoms with Crippen molar-refractivity contribution in [3.05, 3.63) is 113 Å². The Bertz CT molecular complexity index is 1920. The zero-order valence-corrected chi connectivity index (χ0v) is 24.4. The molecule has 2 heterocycles. The predicted octanol–water partition coefficient (Wildman–Crippen LogP) is 4.02. The lowest BCUT2D eigenvalue weighted by Crippen LogP contribution is -2.26. The van der Waals surface area contributed by atoms with Gasteiger partial charge in [0.25, 0.3) is 5.91 Å². The molecule has 1 fully saturated rings. The minimum absolute atomic E-state index is 0.126. The second kappa shape index (κ2) is 12.0. The van der Waals surface area contributed by atoms with Gasteiger partial charge >= 0.3 is 5.69 Å². The number of carbonyl (C=O) groups excluding carboxylic acids is 2. The monoisotopic (exact) mass is 588 g/mol. The van der Waals surface area contributed by atoms with E-state index in [-0.39, 0.29) is 17.6 Å². The van der Waals surface area contributed by atoms with E-state index in [4.69, 9.17) is 5.73 Å². The van der Waals surface area contributed by atoms with Gasteiger partial charge in [-0.05, 0) is 74.5 Å². The Kier molecular flexibility index (Phi) is 7.78. The minimum atomic E-state index is -0.428. The number of likely N-dealkylation sites (N-methyl/N-ethyl adjacent to an activating group) is 2. The van der Waals surface area contributed by atoms with Gasteiger partial charge in [0.2, 0.25) is 5.91 Å². The smallest absolute Gasteiger partial charge is 0.339 e. The SMILES string of the molecule is CN(C(=O)C=CCN(C)C1CC1)c1cccc(-n2c(=O)n(-c3ccc(C(=O)Nc4ccccc4)cc3)c3c(N)ncnc32)c1. The average Bonchev–Trinajstić information content (AvgIpc) is 3.85. The van der Waals surface area contributed by atoms with Crippen LogP contribution < -0.4 is 21.6 Å². The van der Waals surface area contributed by atoms with Gasteiger partial charge in [-0.1, -0.05) is 30.3 Å². The molecule has 11 nitrogen and oxygen atoms in total. The molecule has 0 bridgehead atoms. The Morgan fingerprint density at radius 3 is 2.43 bits per heavy atom. The quantitative estimate of drug-likeness (QED) is 0.249. The van der Waals surface area contributed by atoms with Gasteiger partial charge in [-0.25, -0.2) is 19.3 Å². The van der Waals surface area contributed by atoms with Crippen molar-refractivity contribution in [3.8, 4) is 11.4 Å². The molecule has 3 N–H and O–H groups in total. The number of rotatable bonds is 9. The summed E-state index contributed by atoms with van der Waals surface area (Å²) in [4.78, 5) is 52.0. The number of nitrogens with one attached hydrogen (secondary N) is 1. The molecule has 0 unspecified atom stereocenters. The van der Waals surface area contributed by atoms with E-state index in [2.05, 4.69) is 27.2 Å². The van der Waals surface area contributed by atoms with Crippen LogP contribution in [-0.2, 0) is 4.79 Å². The lowest BCUT2D eigenvalue weighted by molar-refractivity contribution is -0.113. The molecule has 222 valence electrons. The van der Waals surface area contributed by atoms with Crippen LogP contribution in [0.25, 0.3) is 22.5 Å². The maximum absolute atomic E-state index is 14.0. The van der Waals surface area contributed by atoms with Crippen LogP contribution in [0.2, 0.25) is 0 Å². The number of para-hydroxylation sites is 1. The van der Waals surface area contributed by atoms with E-state index in [0.717, 1.165) is 0 Å². The fraction of sp³-hybridized carbons (Fsp3) is 0.182. The molecule has 6 rings (SSSR count). The fourth-order valence-electron chi connectivity index (χ4n) is 5.07. The molecule has 0 aliphatic heterocycles. The van der Waals surface area contributed by atoms with Crippen LogP contribution in [0, 0.1) is 0 Å². The van der Waals surface area contributed by atoms with Gasteiger partial charge < -0.3 is 16.0 Å². The van der Waals surface area contributed by atoms with Gasteiger partial charge in [-0.15, -0.1) is 0 Å². The van der Waals surface area contributed by atoms with Gasteiger partial charge in [-0.2, -0.15) is 0 Å². The van der Waals surface area contributed by atoms with Gasteiger partial charge in [-0.3, -0.25) is 19.1 Å². The van der Waals surface area contributed by atoms with E-state index in [1.807, 2.05) is 24.3 Å². The van der Waals surface area contributed by atoms with Crippen molar-refractivity contribution < 1.29 is 9.59 Å². The first kappa shape index (κ1) is 28.6. The lowest BCUT2D eigenvalue weighted by Gasteiger charge is -2.17. The van der Waals surface area contributed by atoms with Gasteiger partial charge in [0, 0.05) is 42.6 Å². The summed E-state index contributed by atoms with van der Waals surface area (Å²) in [5, 5.41) is 2.85. The molecule has 2 amide bonds. The number of imidazole rings is 1. The lowest BCUT2D eigenvalue weighted by atomic mass is 10.2. The first-order chi connectivity index (χ1) is 21.3. The molecule has 44 heavy (non-hydrogen) atoms. The van der Waals surface area contributed by atoms with Gasteiger partial charge in [0.05, 0.1) is 11.4 Å². The number of benzene rings is 3. The summed E-state index contributed by atoms with van der Waals surface area (Å²) in [5.74, 6) is -0.328. The van der Waals surface area contributed by atoms with Crippen LogP contribution >= 0.6 is 0 Å². The summed E-state index contributed by atoms with van der Waals surface area (Å²) in [5.41, 5.74) is 9.19. The Balaban J connectivity index is 1.31. The molecule has 0 radical (unpaired) electrons. The third-order valence-corrected chi connectivity index (χ3v) is 7.70. The number of anilines is 3. The topological polar surface area (TPSA) is 131 Å². The predicted molar refractivity (Wildman–Crippen MR) is 171 cm³/mol. The van der Waals surface area contributed by atoms with Crippen molar-refractivity contribution >= 4 is 40.2 Å². The van der Waals surface area contributed by atoms with Crippen LogP contribution in [-0.4, -0.2) is 62.5 Å². The van der Waals surface area contributed by atoms with Crippen molar-refractivity contribution in [2.24, 2.45) is 0 Å². The Hall–Kier alpha value is -5.55. The third-order valence-electron chi connectivity index (χ3n) is 7.70. The summed E-state index contributed by atoms with van der Waals surface area (Å²) >= 11 is 0. The number of hydrogen-bond donors (Lipinski definition) is 2. The Morgan fingerprint density at radius 2 is 1.70 bits per heavy atom. The number of amides is 2. The van der Waals surface area contributed by atoms with Crippen LogP contribution in [0.3, 0.4) is 0 Å². The maximum atomic E-state index is 14.0. The standard InChI is InChI=1S/C33H32N8O3/c1-38(24-17-18-24)19-7-12-28(42)39(2)26-10-6-11-27(20-26)41-31-29(30(34)35-21-36-31)40(33(41)44)25-15-13-22(14-16-25)32(43)37-23-8-4-3-5-9-23/h3-16,20-21,24H,17-19H2,1-2H3,(H,37,43)(H2,34,35,36). The highest BCUT2D eigenvalue weighted by Crippen LogP contribution is 2.26. The van der Waals surface area contributed by atoms with E-state index in [9.17, 15) is 14.4 Å². The minimum Gasteiger partial charge on any atom is -0.382 e. The van der Waals surface area contributed by atoms with E-state index < -0.39 is 5.69 Å². The number of nitrogen functional groups attached to an aromatic ring is 1. The van der Waals surface area contributed by atoms with Crippen molar-refractivity contribution in [2.75, 3.05) is 36.6 Å². The molecular formula is C33H32N8O3. The van der Waals surface area contributed by atoms with Crippen molar-refractivity contribution in [1.29, 1.82) is 0 Å². The maximum Gasteiger partial charge on any atom is 0.339 e. The van der Waals surface area contributed by atoms with E-state index in [1.165, 1.54) is 33.2 Å². The zero-order chi connectivity index (χ0) is 30.8. The summed E-state index contributed by atoms with van der Waals surface area (Å²) in [7, 11) is 3.75. The molecule has 2 aromatic heterocycles. The highest BCUT2D eigenvalue weighted by Gasteiger charge is 2.25. The molecule has 1 saturated carbocycles. The van der Waals surface area contributed by atoms with E-state index in [1.54, 1.807) is 73.8 Å². The first-order valence-corrected chi connectivity index (χ1v) is 14.3. The summed E-state index contributed by atoms with van der Waals surface area (Å²) in [6, 6.07) is 23.5. The number of hydrogen-bond acceptors (Lipinski definition) is 7. The van der Waals surface area contributed by atoms with E-state index >= 15 is 0 Å². The van der Waals surface area contributed by atoms with Crippen LogP contribution in [0.5, 0.6) is 0 Å². The number of nitrogens with two attached hydrogens (primary N) is 1. The average molecular weight is 589 g/mol. The van der Waals surface area contributed by atoms with Gasteiger partial charge in [0.1, 0.15) is 11.8 Å². The number of nitrogens with zero attached hydrogens (tertiary/aromatic N) is 6. The molecule has 0 saturated heterocycles. The van der Waals surface area contributed by atoms with Crippen LogP contribution in [0.1, 0.15) is 23.2 Å². The highest BCUT2D eigenvalue weighted by atomic mass is 16.2. The van der Waals surface area contributed by atoms with Crippen LogP contribution in [0.15, 0.2) is 102 Å².